The number of ether oxygens (including phenoxy) is 1. The molecule has 2 fully saturated rings. The summed E-state index contributed by atoms with van der Waals surface area (Å²) >= 11 is 0. The molecule has 92 valence electrons. The smallest absolute Gasteiger partial charge is 0.306 e. The van der Waals surface area contributed by atoms with Gasteiger partial charge in [-0.2, -0.15) is 0 Å². The van der Waals surface area contributed by atoms with Gasteiger partial charge in [0.05, 0.1) is 13.5 Å². The van der Waals surface area contributed by atoms with Gasteiger partial charge in [0.25, 0.3) is 0 Å². The van der Waals surface area contributed by atoms with Crippen molar-refractivity contribution in [2.75, 3.05) is 46.4 Å². The summed E-state index contributed by atoms with van der Waals surface area (Å²) in [7, 11) is 1.45. The van der Waals surface area contributed by atoms with E-state index in [1.54, 1.807) is 0 Å². The van der Waals surface area contributed by atoms with Crippen LogP contribution >= 0.6 is 0 Å². The number of nitrogens with zero attached hydrogens (tertiary/aromatic N) is 2. The van der Waals surface area contributed by atoms with Crippen molar-refractivity contribution in [3.8, 4) is 0 Å². The zero-order valence-corrected chi connectivity index (χ0v) is 10.2. The Morgan fingerprint density at radius 2 is 1.81 bits per heavy atom. The predicted molar refractivity (Wildman–Crippen MR) is 62.2 cm³/mol. The van der Waals surface area contributed by atoms with Crippen molar-refractivity contribution in [1.82, 2.24) is 9.80 Å². The first kappa shape index (κ1) is 11.9. The average molecular weight is 226 g/mol. The summed E-state index contributed by atoms with van der Waals surface area (Å²) in [6, 6.07) is 0. The maximum absolute atomic E-state index is 11.0. The molecule has 0 aromatic heterocycles. The third-order valence-electron chi connectivity index (χ3n) is 3.54. The first-order valence-electron chi connectivity index (χ1n) is 6.29. The highest BCUT2D eigenvalue weighted by molar-refractivity contribution is 5.69. The van der Waals surface area contributed by atoms with Crippen molar-refractivity contribution < 1.29 is 9.53 Å². The van der Waals surface area contributed by atoms with Gasteiger partial charge in [0.2, 0.25) is 0 Å². The molecular formula is C12H22N2O2. The van der Waals surface area contributed by atoms with Crippen LogP contribution in [-0.4, -0.2) is 62.1 Å². The summed E-state index contributed by atoms with van der Waals surface area (Å²) in [5.41, 5.74) is 0. The molecule has 0 unspecified atom stereocenters. The second-order valence-corrected chi connectivity index (χ2v) is 4.91. The van der Waals surface area contributed by atoms with Crippen LogP contribution in [0.4, 0.5) is 0 Å². The third-order valence-corrected chi connectivity index (χ3v) is 3.54. The molecule has 1 aliphatic carbocycles. The summed E-state index contributed by atoms with van der Waals surface area (Å²) in [6.07, 6.45) is 3.39. The minimum Gasteiger partial charge on any atom is -0.469 e. The van der Waals surface area contributed by atoms with Gasteiger partial charge in [-0.15, -0.1) is 0 Å². The SMILES string of the molecule is COC(=O)CCN1CCN(CC2CC2)CC1. The van der Waals surface area contributed by atoms with Crippen molar-refractivity contribution in [1.29, 1.82) is 0 Å². The van der Waals surface area contributed by atoms with E-state index in [0.29, 0.717) is 6.42 Å². The van der Waals surface area contributed by atoms with Gasteiger partial charge >= 0.3 is 5.97 Å². The zero-order valence-electron chi connectivity index (χ0n) is 10.2. The quantitative estimate of drug-likeness (QED) is 0.642. The Balaban J connectivity index is 1.58. The number of rotatable bonds is 5. The lowest BCUT2D eigenvalue weighted by molar-refractivity contribution is -0.141. The van der Waals surface area contributed by atoms with E-state index in [1.165, 1.54) is 26.5 Å². The summed E-state index contributed by atoms with van der Waals surface area (Å²) in [4.78, 5) is 15.9. The fourth-order valence-corrected chi connectivity index (χ4v) is 2.21. The van der Waals surface area contributed by atoms with Crippen molar-refractivity contribution >= 4 is 5.97 Å². The predicted octanol–water partition coefficient (Wildman–Crippen LogP) is 0.577. The third kappa shape index (κ3) is 3.76. The molecule has 2 rings (SSSR count). The van der Waals surface area contributed by atoms with Crippen LogP contribution in [0.1, 0.15) is 19.3 Å². The van der Waals surface area contributed by atoms with Crippen molar-refractivity contribution in [2.24, 2.45) is 5.92 Å². The van der Waals surface area contributed by atoms with Crippen LogP contribution in [0.5, 0.6) is 0 Å². The van der Waals surface area contributed by atoms with Crippen LogP contribution in [0.15, 0.2) is 0 Å². The lowest BCUT2D eigenvalue weighted by Crippen LogP contribution is -2.47. The summed E-state index contributed by atoms with van der Waals surface area (Å²) in [5, 5.41) is 0. The van der Waals surface area contributed by atoms with Crippen LogP contribution in [0, 0.1) is 5.92 Å². The highest BCUT2D eigenvalue weighted by Crippen LogP contribution is 2.29. The second-order valence-electron chi connectivity index (χ2n) is 4.91. The Kier molecular flexibility index (Phi) is 4.18. The van der Waals surface area contributed by atoms with E-state index < -0.39 is 0 Å². The van der Waals surface area contributed by atoms with E-state index in [-0.39, 0.29) is 5.97 Å². The second kappa shape index (κ2) is 5.64. The van der Waals surface area contributed by atoms with Gasteiger partial charge in [-0.3, -0.25) is 4.79 Å². The Morgan fingerprint density at radius 3 is 2.38 bits per heavy atom. The maximum atomic E-state index is 11.0. The molecule has 0 aromatic rings. The Bertz CT molecular complexity index is 233. The molecule has 0 spiro atoms. The van der Waals surface area contributed by atoms with Crippen LogP contribution in [0.2, 0.25) is 0 Å². The van der Waals surface area contributed by atoms with E-state index in [1.807, 2.05) is 0 Å². The monoisotopic (exact) mass is 226 g/mol. The van der Waals surface area contributed by atoms with Gasteiger partial charge in [-0.05, 0) is 18.8 Å². The topological polar surface area (TPSA) is 32.8 Å². The molecule has 2 aliphatic rings. The van der Waals surface area contributed by atoms with Crippen molar-refractivity contribution in [3.05, 3.63) is 0 Å². The molecular weight excluding hydrogens is 204 g/mol. The zero-order chi connectivity index (χ0) is 11.4. The highest BCUT2D eigenvalue weighted by atomic mass is 16.5. The Morgan fingerprint density at radius 1 is 1.19 bits per heavy atom. The minimum absolute atomic E-state index is 0.0968. The van der Waals surface area contributed by atoms with Crippen molar-refractivity contribution in [2.45, 2.75) is 19.3 Å². The lowest BCUT2D eigenvalue weighted by atomic mass is 10.2. The normalized spacial score (nSPS) is 23.3. The Labute approximate surface area is 97.5 Å². The molecule has 4 heteroatoms. The summed E-state index contributed by atoms with van der Waals surface area (Å²) < 4.78 is 4.65. The average Bonchev–Trinajstić information content (AvgIpc) is 3.11. The highest BCUT2D eigenvalue weighted by Gasteiger charge is 2.26. The van der Waals surface area contributed by atoms with Gasteiger partial charge in [0.1, 0.15) is 0 Å². The molecule has 0 bridgehead atoms. The molecule has 1 saturated heterocycles. The number of esters is 1. The fourth-order valence-electron chi connectivity index (χ4n) is 2.21. The number of carbonyl (C=O) groups is 1. The number of carbonyl (C=O) groups excluding carboxylic acids is 1. The minimum atomic E-state index is -0.0968. The lowest BCUT2D eigenvalue weighted by Gasteiger charge is -2.34. The molecule has 1 saturated carbocycles. The number of methoxy groups -OCH3 is 1. The number of hydrogen-bond acceptors (Lipinski definition) is 4. The largest absolute Gasteiger partial charge is 0.469 e. The molecule has 0 aromatic carbocycles. The van der Waals surface area contributed by atoms with Crippen LogP contribution in [0.25, 0.3) is 0 Å². The molecule has 0 atom stereocenters. The molecule has 16 heavy (non-hydrogen) atoms. The Hall–Kier alpha value is -0.610. The molecule has 0 radical (unpaired) electrons. The molecule has 1 aliphatic heterocycles. The standard InChI is InChI=1S/C12H22N2O2/c1-16-12(15)4-5-13-6-8-14(9-7-13)10-11-2-3-11/h11H,2-10H2,1H3. The molecule has 4 nitrogen and oxygen atoms in total. The van der Waals surface area contributed by atoms with E-state index in [2.05, 4.69) is 14.5 Å². The maximum Gasteiger partial charge on any atom is 0.306 e. The van der Waals surface area contributed by atoms with Crippen molar-refractivity contribution in [3.63, 3.8) is 0 Å². The summed E-state index contributed by atoms with van der Waals surface area (Å²) in [6.45, 7) is 6.68. The van der Waals surface area contributed by atoms with Gasteiger partial charge in [0, 0.05) is 39.3 Å². The molecule has 1 heterocycles. The summed E-state index contributed by atoms with van der Waals surface area (Å²) in [5.74, 6) is 0.891. The first-order valence-corrected chi connectivity index (χ1v) is 6.29. The van der Waals surface area contributed by atoms with Gasteiger partial charge < -0.3 is 14.5 Å². The van der Waals surface area contributed by atoms with Gasteiger partial charge in [0.15, 0.2) is 0 Å². The van der Waals surface area contributed by atoms with E-state index >= 15 is 0 Å². The first-order chi connectivity index (χ1) is 7.78. The van der Waals surface area contributed by atoms with Crippen LogP contribution < -0.4 is 0 Å². The van der Waals surface area contributed by atoms with Gasteiger partial charge in [-0.1, -0.05) is 0 Å². The molecule has 0 amide bonds. The van der Waals surface area contributed by atoms with E-state index in [4.69, 9.17) is 0 Å². The fraction of sp³-hybridized carbons (Fsp3) is 0.917. The van der Waals surface area contributed by atoms with E-state index in [0.717, 1.165) is 38.6 Å². The van der Waals surface area contributed by atoms with Crippen LogP contribution in [0.3, 0.4) is 0 Å². The van der Waals surface area contributed by atoms with Gasteiger partial charge in [-0.25, -0.2) is 0 Å². The number of hydrogen-bond donors (Lipinski definition) is 0. The van der Waals surface area contributed by atoms with Crippen LogP contribution in [-0.2, 0) is 9.53 Å². The number of piperazine rings is 1. The van der Waals surface area contributed by atoms with E-state index in [9.17, 15) is 4.79 Å². The molecule has 0 N–H and O–H groups in total.